The molecule has 1 fully saturated rings. The van der Waals surface area contributed by atoms with Crippen molar-refractivity contribution in [3.8, 4) is 22.9 Å². The molecule has 0 bridgehead atoms. The number of phenolic OH excluding ortho intramolecular Hbond substituents is 2. The molecular formula is C29H28N10O9S3. The van der Waals surface area contributed by atoms with Crippen LogP contribution in [0.2, 0.25) is 0 Å². The standard InChI is InChI=1S/C29H28N10O9S3/c1-11-6-17(39-28(31-11)34-21(35-39)12-4-5-15(40)16(41)7-12)49-8-13-9-50-24-19(23(43)38(24)20(13)25(44)45)33-22(42)18(14-10-51-27(30)32-14)37-48-29(2,3)26(46)36-47/h4-7,10,19,24,40-41,47H,8-9H2,1-3H3,(H2,30,32)(H,33,42)(H,36,46)(H,44,45)/b37-18-/t19-,24-/m1/s1. The molecule has 3 amide bonds. The molecule has 19 nitrogen and oxygen atoms in total. The highest BCUT2D eigenvalue weighted by Gasteiger charge is 2.54. The number of aromatic hydroxyl groups is 2. The second-order valence-electron chi connectivity index (χ2n) is 11.5. The van der Waals surface area contributed by atoms with Crippen LogP contribution in [0.3, 0.4) is 0 Å². The quantitative estimate of drug-likeness (QED) is 0.0214. The largest absolute Gasteiger partial charge is 0.504 e. The Morgan fingerprint density at radius 2 is 1.94 bits per heavy atom. The van der Waals surface area contributed by atoms with Gasteiger partial charge in [-0.05, 0) is 50.6 Å². The molecule has 266 valence electrons. The first-order valence-electron chi connectivity index (χ1n) is 14.7. The van der Waals surface area contributed by atoms with Gasteiger partial charge < -0.3 is 31.2 Å². The number of fused-ring (bicyclic) bond motifs is 2. The van der Waals surface area contributed by atoms with Crippen LogP contribution in [-0.4, -0.2) is 108 Å². The third kappa shape index (κ3) is 6.85. The van der Waals surface area contributed by atoms with Crippen LogP contribution in [0.25, 0.3) is 17.2 Å². The van der Waals surface area contributed by atoms with E-state index in [4.69, 9.17) is 15.8 Å². The number of thioether (sulfide) groups is 2. The number of thiazole rings is 1. The Hall–Kier alpha value is -5.45. The Morgan fingerprint density at radius 3 is 2.61 bits per heavy atom. The number of nitrogens with zero attached hydrogens (tertiary/aromatic N) is 7. The molecule has 8 N–H and O–H groups in total. The summed E-state index contributed by atoms with van der Waals surface area (Å²) in [6.45, 7) is 4.35. The number of aliphatic carboxylic acids is 1. The number of oxime groups is 1. The van der Waals surface area contributed by atoms with Crippen LogP contribution < -0.4 is 16.5 Å². The van der Waals surface area contributed by atoms with Gasteiger partial charge in [-0.2, -0.15) is 9.50 Å². The van der Waals surface area contributed by atoms with Crippen LogP contribution in [0.15, 0.2) is 51.1 Å². The van der Waals surface area contributed by atoms with E-state index in [2.05, 4.69) is 30.5 Å². The van der Waals surface area contributed by atoms with E-state index in [0.29, 0.717) is 21.9 Å². The van der Waals surface area contributed by atoms with Crippen molar-refractivity contribution in [2.75, 3.05) is 17.2 Å². The van der Waals surface area contributed by atoms with Crippen LogP contribution in [-0.2, 0) is 24.0 Å². The van der Waals surface area contributed by atoms with Gasteiger partial charge in [0.2, 0.25) is 5.60 Å². The van der Waals surface area contributed by atoms with Crippen molar-refractivity contribution in [1.82, 2.24) is 40.3 Å². The Bertz CT molecular complexity index is 2170. The van der Waals surface area contributed by atoms with Crippen molar-refractivity contribution in [1.29, 1.82) is 0 Å². The summed E-state index contributed by atoms with van der Waals surface area (Å²) in [5.41, 5.74) is 6.38. The van der Waals surface area contributed by atoms with E-state index >= 15 is 0 Å². The predicted molar refractivity (Wildman–Crippen MR) is 183 cm³/mol. The average molecular weight is 757 g/mol. The minimum Gasteiger partial charge on any atom is -0.504 e. The number of carboxylic acid groups (broad SMARTS) is 1. The predicted octanol–water partition coefficient (Wildman–Crippen LogP) is 1.09. The van der Waals surface area contributed by atoms with Crippen molar-refractivity contribution >= 4 is 75.2 Å². The number of hydrogen-bond donors (Lipinski definition) is 7. The number of amides is 3. The zero-order valence-electron chi connectivity index (χ0n) is 26.7. The molecule has 0 saturated carbocycles. The van der Waals surface area contributed by atoms with E-state index in [1.807, 2.05) is 0 Å². The number of β-lactam (4-membered cyclic amide) rings is 1. The van der Waals surface area contributed by atoms with Gasteiger partial charge in [0.05, 0.1) is 0 Å². The first kappa shape index (κ1) is 35.4. The van der Waals surface area contributed by atoms with E-state index in [-0.39, 0.29) is 51.1 Å². The fourth-order valence-electron chi connectivity index (χ4n) is 4.94. The molecule has 22 heteroatoms. The molecule has 51 heavy (non-hydrogen) atoms. The Labute approximate surface area is 299 Å². The Kier molecular flexibility index (Phi) is 9.50. The normalized spacial score (nSPS) is 17.6. The smallest absolute Gasteiger partial charge is 0.352 e. The van der Waals surface area contributed by atoms with Gasteiger partial charge in [-0.3, -0.25) is 24.5 Å². The molecule has 0 radical (unpaired) electrons. The molecule has 2 aliphatic rings. The summed E-state index contributed by atoms with van der Waals surface area (Å²) in [5, 5.41) is 51.0. The summed E-state index contributed by atoms with van der Waals surface area (Å²) in [6, 6.07) is 4.79. The molecule has 2 aliphatic heterocycles. The van der Waals surface area contributed by atoms with Crippen molar-refractivity contribution in [3.05, 3.63) is 52.3 Å². The van der Waals surface area contributed by atoms with Gasteiger partial charge in [0.1, 0.15) is 27.8 Å². The number of carbonyl (C=O) groups is 4. The van der Waals surface area contributed by atoms with Crippen LogP contribution in [0, 0.1) is 6.92 Å². The first-order valence-corrected chi connectivity index (χ1v) is 17.6. The van der Waals surface area contributed by atoms with Crippen molar-refractivity contribution < 1.29 is 44.5 Å². The number of carboxylic acids is 1. The molecule has 1 saturated heterocycles. The van der Waals surface area contributed by atoms with E-state index in [1.54, 1.807) is 19.1 Å². The molecule has 4 aromatic rings. The molecule has 1 aromatic carbocycles. The number of nitrogens with two attached hydrogens (primary N) is 1. The number of hydroxylamine groups is 1. The topological polar surface area (TPSA) is 280 Å². The van der Waals surface area contributed by atoms with Gasteiger partial charge in [0.25, 0.3) is 23.5 Å². The summed E-state index contributed by atoms with van der Waals surface area (Å²) in [4.78, 5) is 70.6. The average Bonchev–Trinajstić information content (AvgIpc) is 3.72. The lowest BCUT2D eigenvalue weighted by Crippen LogP contribution is -2.71. The summed E-state index contributed by atoms with van der Waals surface area (Å²) in [7, 11) is 0. The third-order valence-electron chi connectivity index (χ3n) is 7.56. The number of hydrogen-bond acceptors (Lipinski definition) is 17. The highest BCUT2D eigenvalue weighted by atomic mass is 32.2. The summed E-state index contributed by atoms with van der Waals surface area (Å²) >= 11 is 3.53. The second kappa shape index (κ2) is 13.7. The fraction of sp³-hybridized carbons (Fsp3) is 0.276. The van der Waals surface area contributed by atoms with E-state index < -0.39 is 46.4 Å². The fourth-order valence-corrected chi connectivity index (χ4v) is 8.03. The summed E-state index contributed by atoms with van der Waals surface area (Å²) < 4.78 is 1.48. The summed E-state index contributed by atoms with van der Waals surface area (Å²) in [6.07, 6.45) is 0. The maximum Gasteiger partial charge on any atom is 0.352 e. The highest BCUT2D eigenvalue weighted by molar-refractivity contribution is 8.01. The minimum atomic E-state index is -1.70. The van der Waals surface area contributed by atoms with Gasteiger partial charge in [-0.15, -0.1) is 40.0 Å². The monoisotopic (exact) mass is 756 g/mol. The SMILES string of the molecule is Cc1cc(SCC2=C(C(=O)O)N3C(=O)[C@@H](NC(=O)/C(=N\OC(C)(C)C(=O)NO)c4csc(N)n4)[C@H]3SC2)n2nc(-c3ccc(O)c(O)c3)nc2n1. The number of nitrogen functional groups attached to an aromatic ring is 1. The lowest BCUT2D eigenvalue weighted by Gasteiger charge is -2.49. The van der Waals surface area contributed by atoms with Gasteiger partial charge in [-0.1, -0.05) is 5.16 Å². The van der Waals surface area contributed by atoms with Gasteiger partial charge in [-0.25, -0.2) is 20.2 Å². The molecule has 2 atom stereocenters. The minimum absolute atomic E-state index is 0.00161. The lowest BCUT2D eigenvalue weighted by atomic mass is 10.0. The van der Waals surface area contributed by atoms with Crippen LogP contribution in [0.5, 0.6) is 11.5 Å². The number of nitrogens with one attached hydrogen (secondary N) is 2. The number of benzene rings is 1. The van der Waals surface area contributed by atoms with Gasteiger partial charge >= 0.3 is 5.97 Å². The molecule has 6 rings (SSSR count). The molecule has 3 aromatic heterocycles. The number of anilines is 1. The number of rotatable bonds is 11. The third-order valence-corrected chi connectivity index (χ3v) is 10.7. The zero-order valence-corrected chi connectivity index (χ0v) is 29.2. The first-order chi connectivity index (χ1) is 24.2. The van der Waals surface area contributed by atoms with Crippen molar-refractivity contribution in [2.45, 2.75) is 42.8 Å². The second-order valence-corrected chi connectivity index (χ2v) is 14.5. The summed E-state index contributed by atoms with van der Waals surface area (Å²) in [5.74, 6) is -3.59. The lowest BCUT2D eigenvalue weighted by molar-refractivity contribution is -0.152. The molecule has 0 aliphatic carbocycles. The maximum absolute atomic E-state index is 13.4. The Morgan fingerprint density at radius 1 is 1.18 bits per heavy atom. The molecule has 0 spiro atoms. The van der Waals surface area contributed by atoms with Crippen LogP contribution in [0.1, 0.15) is 25.2 Å². The van der Waals surface area contributed by atoms with E-state index in [9.17, 15) is 34.5 Å². The van der Waals surface area contributed by atoms with Crippen molar-refractivity contribution in [3.63, 3.8) is 0 Å². The molecule has 5 heterocycles. The number of phenols is 2. The molecule has 0 unspecified atom stereocenters. The highest BCUT2D eigenvalue weighted by Crippen LogP contribution is 2.42. The Balaban J connectivity index is 1.21. The van der Waals surface area contributed by atoms with E-state index in [0.717, 1.165) is 16.2 Å². The van der Waals surface area contributed by atoms with Crippen molar-refractivity contribution in [2.24, 2.45) is 5.16 Å². The van der Waals surface area contributed by atoms with Crippen LogP contribution in [0.4, 0.5) is 5.13 Å². The number of carbonyl (C=O) groups excluding carboxylic acids is 3. The van der Waals surface area contributed by atoms with E-state index in [1.165, 1.54) is 64.9 Å². The number of aromatic nitrogens is 5. The molecular weight excluding hydrogens is 729 g/mol. The van der Waals surface area contributed by atoms with Gasteiger partial charge in [0, 0.05) is 28.1 Å². The zero-order chi connectivity index (χ0) is 36.8. The number of aryl methyl sites for hydroxylation is 1. The van der Waals surface area contributed by atoms with Crippen LogP contribution >= 0.6 is 34.9 Å². The van der Waals surface area contributed by atoms with Gasteiger partial charge in [0.15, 0.2) is 28.2 Å². The maximum atomic E-state index is 13.4.